The van der Waals surface area contributed by atoms with Gasteiger partial charge in [-0.2, -0.15) is 0 Å². The van der Waals surface area contributed by atoms with Gasteiger partial charge in [0.25, 0.3) is 5.91 Å². The highest BCUT2D eigenvalue weighted by molar-refractivity contribution is 7.21. The van der Waals surface area contributed by atoms with Crippen LogP contribution in [0.1, 0.15) is 9.67 Å². The number of carbonyl (C=O) groups excluding carboxylic acids is 1. The summed E-state index contributed by atoms with van der Waals surface area (Å²) in [6.45, 7) is 4.11. The Morgan fingerprint density at radius 1 is 1.61 bits per heavy atom. The van der Waals surface area contributed by atoms with Crippen molar-refractivity contribution in [1.29, 1.82) is 0 Å². The Morgan fingerprint density at radius 3 is 3.00 bits per heavy atom. The SMILES string of the molecule is C=CCN(C)C(=O)c1sc2ccc(Cl)cc2c1N. The number of likely N-dealkylation sites (N-methyl/N-ethyl adjacent to an activating group) is 1. The van der Waals surface area contributed by atoms with Crippen LogP contribution in [0.4, 0.5) is 5.69 Å². The summed E-state index contributed by atoms with van der Waals surface area (Å²) in [4.78, 5) is 14.3. The molecular formula is C13H13ClN2OS. The number of anilines is 1. The quantitative estimate of drug-likeness (QED) is 0.876. The Balaban J connectivity index is 2.49. The molecule has 0 aliphatic carbocycles. The van der Waals surface area contributed by atoms with Gasteiger partial charge in [-0.3, -0.25) is 4.79 Å². The normalized spacial score (nSPS) is 10.6. The number of nitrogen functional groups attached to an aromatic ring is 1. The molecule has 0 unspecified atom stereocenters. The first-order chi connectivity index (χ1) is 8.54. The van der Waals surface area contributed by atoms with Crippen LogP contribution >= 0.6 is 22.9 Å². The molecule has 0 spiro atoms. The van der Waals surface area contributed by atoms with Gasteiger partial charge in [-0.05, 0) is 18.2 Å². The van der Waals surface area contributed by atoms with E-state index in [2.05, 4.69) is 6.58 Å². The molecule has 0 saturated carbocycles. The average Bonchev–Trinajstić information content (AvgIpc) is 2.66. The van der Waals surface area contributed by atoms with Crippen LogP contribution in [0.15, 0.2) is 30.9 Å². The Hall–Kier alpha value is -1.52. The summed E-state index contributed by atoms with van der Waals surface area (Å²) in [5.74, 6) is -0.0928. The largest absolute Gasteiger partial charge is 0.397 e. The maximum atomic E-state index is 12.2. The lowest BCUT2D eigenvalue weighted by atomic mass is 10.2. The minimum atomic E-state index is -0.0928. The molecule has 1 aromatic heterocycles. The summed E-state index contributed by atoms with van der Waals surface area (Å²) in [5, 5.41) is 1.45. The molecule has 0 aliphatic heterocycles. The second kappa shape index (κ2) is 5.00. The first-order valence-electron chi connectivity index (χ1n) is 5.38. The van der Waals surface area contributed by atoms with E-state index in [9.17, 15) is 4.79 Å². The zero-order valence-corrected chi connectivity index (χ0v) is 11.5. The van der Waals surface area contributed by atoms with Gasteiger partial charge in [0.2, 0.25) is 0 Å². The molecule has 0 fully saturated rings. The van der Waals surface area contributed by atoms with Crippen molar-refractivity contribution in [3.05, 3.63) is 40.8 Å². The summed E-state index contributed by atoms with van der Waals surface area (Å²) >= 11 is 7.32. The number of thiophene rings is 1. The van der Waals surface area contributed by atoms with Crippen LogP contribution in [-0.4, -0.2) is 24.4 Å². The van der Waals surface area contributed by atoms with Crippen LogP contribution in [0.25, 0.3) is 10.1 Å². The van der Waals surface area contributed by atoms with Crippen LogP contribution in [0.3, 0.4) is 0 Å². The third kappa shape index (κ3) is 2.21. The van der Waals surface area contributed by atoms with Crippen LogP contribution in [0.2, 0.25) is 5.02 Å². The van der Waals surface area contributed by atoms with Gasteiger partial charge in [0, 0.05) is 28.7 Å². The fourth-order valence-electron chi connectivity index (χ4n) is 1.70. The summed E-state index contributed by atoms with van der Waals surface area (Å²) < 4.78 is 0.965. The van der Waals surface area contributed by atoms with Crippen molar-refractivity contribution >= 4 is 44.6 Å². The van der Waals surface area contributed by atoms with Crippen LogP contribution in [0, 0.1) is 0 Å². The summed E-state index contributed by atoms with van der Waals surface area (Å²) in [6.07, 6.45) is 1.68. The number of benzene rings is 1. The number of nitrogens with two attached hydrogens (primary N) is 1. The first-order valence-corrected chi connectivity index (χ1v) is 6.58. The van der Waals surface area contributed by atoms with Crippen molar-refractivity contribution in [1.82, 2.24) is 4.90 Å². The van der Waals surface area contributed by atoms with Crippen molar-refractivity contribution in [2.75, 3.05) is 19.3 Å². The first kappa shape index (κ1) is 12.9. The van der Waals surface area contributed by atoms with E-state index in [-0.39, 0.29) is 5.91 Å². The van der Waals surface area contributed by atoms with Crippen molar-refractivity contribution in [2.45, 2.75) is 0 Å². The predicted octanol–water partition coefficient (Wildman–Crippen LogP) is 3.39. The van der Waals surface area contributed by atoms with Crippen molar-refractivity contribution in [3.63, 3.8) is 0 Å². The fraction of sp³-hybridized carbons (Fsp3) is 0.154. The van der Waals surface area contributed by atoms with Crippen LogP contribution < -0.4 is 5.73 Å². The molecule has 0 aliphatic rings. The number of nitrogens with zero attached hydrogens (tertiary/aromatic N) is 1. The number of carbonyl (C=O) groups is 1. The van der Waals surface area contributed by atoms with Gasteiger partial charge >= 0.3 is 0 Å². The van der Waals surface area contributed by atoms with E-state index in [0.717, 1.165) is 10.1 Å². The van der Waals surface area contributed by atoms with E-state index >= 15 is 0 Å². The lowest BCUT2D eigenvalue weighted by Gasteiger charge is -2.13. The third-order valence-electron chi connectivity index (χ3n) is 2.63. The van der Waals surface area contributed by atoms with E-state index < -0.39 is 0 Å². The molecule has 0 atom stereocenters. The summed E-state index contributed by atoms with van der Waals surface area (Å²) in [7, 11) is 1.72. The third-order valence-corrected chi connectivity index (χ3v) is 4.04. The smallest absolute Gasteiger partial charge is 0.266 e. The van der Waals surface area contributed by atoms with E-state index in [4.69, 9.17) is 17.3 Å². The number of halogens is 1. The number of rotatable bonds is 3. The molecule has 18 heavy (non-hydrogen) atoms. The molecule has 1 heterocycles. The molecule has 2 N–H and O–H groups in total. The van der Waals surface area contributed by atoms with E-state index in [1.165, 1.54) is 11.3 Å². The monoisotopic (exact) mass is 280 g/mol. The van der Waals surface area contributed by atoms with Crippen molar-refractivity contribution in [3.8, 4) is 0 Å². The molecule has 2 aromatic rings. The number of amides is 1. The molecule has 94 valence electrons. The topological polar surface area (TPSA) is 46.3 Å². The molecule has 3 nitrogen and oxygen atoms in total. The standard InChI is InChI=1S/C13H13ClN2OS/c1-3-6-16(2)13(17)12-11(15)9-7-8(14)4-5-10(9)18-12/h3-5,7H,1,6,15H2,2H3. The number of hydrogen-bond acceptors (Lipinski definition) is 3. The zero-order chi connectivity index (χ0) is 13.3. The Labute approximate surface area is 114 Å². The predicted molar refractivity (Wildman–Crippen MR) is 78.4 cm³/mol. The van der Waals surface area contributed by atoms with Gasteiger partial charge in [0.05, 0.1) is 5.69 Å². The van der Waals surface area contributed by atoms with E-state index in [0.29, 0.717) is 22.1 Å². The molecule has 0 radical (unpaired) electrons. The Morgan fingerprint density at radius 2 is 2.33 bits per heavy atom. The number of fused-ring (bicyclic) bond motifs is 1. The zero-order valence-electron chi connectivity index (χ0n) is 9.94. The highest BCUT2D eigenvalue weighted by atomic mass is 35.5. The van der Waals surface area contributed by atoms with E-state index in [1.54, 1.807) is 30.2 Å². The fourth-order valence-corrected chi connectivity index (χ4v) is 2.97. The van der Waals surface area contributed by atoms with Crippen molar-refractivity contribution < 1.29 is 4.79 Å². The van der Waals surface area contributed by atoms with Crippen LogP contribution in [-0.2, 0) is 0 Å². The maximum Gasteiger partial charge on any atom is 0.266 e. The second-order valence-electron chi connectivity index (χ2n) is 3.96. The molecule has 1 amide bonds. The van der Waals surface area contributed by atoms with Gasteiger partial charge in [-0.1, -0.05) is 17.7 Å². The Kier molecular flexibility index (Phi) is 3.59. The molecule has 1 aromatic carbocycles. The van der Waals surface area contributed by atoms with Gasteiger partial charge in [-0.25, -0.2) is 0 Å². The van der Waals surface area contributed by atoms with Gasteiger partial charge in [-0.15, -0.1) is 17.9 Å². The lowest BCUT2D eigenvalue weighted by Crippen LogP contribution is -2.26. The molecular weight excluding hydrogens is 268 g/mol. The minimum Gasteiger partial charge on any atom is -0.397 e. The van der Waals surface area contributed by atoms with Gasteiger partial charge in [0.1, 0.15) is 4.88 Å². The second-order valence-corrected chi connectivity index (χ2v) is 5.45. The highest BCUT2D eigenvalue weighted by Crippen LogP contribution is 2.35. The van der Waals surface area contributed by atoms with Crippen LogP contribution in [0.5, 0.6) is 0 Å². The van der Waals surface area contributed by atoms with Gasteiger partial charge in [0.15, 0.2) is 0 Å². The molecule has 2 rings (SSSR count). The van der Waals surface area contributed by atoms with Crippen molar-refractivity contribution in [2.24, 2.45) is 0 Å². The average molecular weight is 281 g/mol. The number of hydrogen-bond donors (Lipinski definition) is 1. The maximum absolute atomic E-state index is 12.2. The Bertz CT molecular complexity index is 621. The summed E-state index contributed by atoms with van der Waals surface area (Å²) in [6, 6.07) is 5.46. The lowest BCUT2D eigenvalue weighted by molar-refractivity contribution is 0.0816. The van der Waals surface area contributed by atoms with Gasteiger partial charge < -0.3 is 10.6 Å². The summed E-state index contributed by atoms with van der Waals surface area (Å²) in [5.41, 5.74) is 6.52. The minimum absolute atomic E-state index is 0.0928. The van der Waals surface area contributed by atoms with E-state index in [1.807, 2.05) is 6.07 Å². The highest BCUT2D eigenvalue weighted by Gasteiger charge is 2.19. The molecule has 5 heteroatoms. The molecule has 0 bridgehead atoms. The molecule has 0 saturated heterocycles.